The van der Waals surface area contributed by atoms with Crippen LogP contribution < -0.4 is 5.73 Å². The molecular weight excluding hydrogens is 214 g/mol. The number of ether oxygens (including phenoxy) is 1. The summed E-state index contributed by atoms with van der Waals surface area (Å²) in [6.07, 6.45) is -1.82. The molecule has 0 aromatic heterocycles. The molecule has 0 amide bonds. The summed E-state index contributed by atoms with van der Waals surface area (Å²) in [6, 6.07) is -3.83. The summed E-state index contributed by atoms with van der Waals surface area (Å²) in [5, 5.41) is 28.5. The van der Waals surface area contributed by atoms with E-state index < -0.39 is 53.3 Å². The standard InChI is InChI=1S/C10H13NO5/c1-16-10(15)8(11)9(14)5-2-3-6(12)7(13)4-5/h2-4,8-9,12-14H,11H2,1H3/t8-,9-/m0/s1/i2D,3D,4D. The minimum atomic E-state index is -1.82. The monoisotopic (exact) mass is 230 g/mol. The van der Waals surface area contributed by atoms with Gasteiger partial charge < -0.3 is 25.8 Å². The van der Waals surface area contributed by atoms with Gasteiger partial charge in [0, 0.05) is 0 Å². The number of rotatable bonds is 3. The number of esters is 1. The quantitative estimate of drug-likeness (QED) is 0.416. The fourth-order valence-electron chi connectivity index (χ4n) is 0.996. The highest BCUT2D eigenvalue weighted by Gasteiger charge is 2.25. The average Bonchev–Trinajstić information content (AvgIpc) is 2.41. The number of hydrogen-bond donors (Lipinski definition) is 4. The van der Waals surface area contributed by atoms with E-state index in [2.05, 4.69) is 4.74 Å². The van der Waals surface area contributed by atoms with Gasteiger partial charge in [0.25, 0.3) is 0 Å². The van der Waals surface area contributed by atoms with Crippen molar-refractivity contribution < 1.29 is 29.0 Å². The van der Waals surface area contributed by atoms with Crippen LogP contribution in [-0.4, -0.2) is 34.4 Å². The van der Waals surface area contributed by atoms with Gasteiger partial charge >= 0.3 is 5.97 Å². The number of phenols is 2. The van der Waals surface area contributed by atoms with Crippen molar-refractivity contribution in [1.29, 1.82) is 0 Å². The van der Waals surface area contributed by atoms with Crippen LogP contribution in [0.2, 0.25) is 0 Å². The number of benzene rings is 1. The van der Waals surface area contributed by atoms with E-state index in [0.717, 1.165) is 7.11 Å². The number of hydrogen-bond acceptors (Lipinski definition) is 6. The number of methoxy groups -OCH3 is 1. The van der Waals surface area contributed by atoms with E-state index in [1.54, 1.807) is 0 Å². The third-order valence-electron chi connectivity index (χ3n) is 1.90. The first-order chi connectivity index (χ1) is 8.73. The van der Waals surface area contributed by atoms with Crippen LogP contribution in [0.3, 0.4) is 0 Å². The predicted octanol–water partition coefficient (Wildman–Crippen LogP) is -0.369. The number of carbonyl (C=O) groups is 1. The summed E-state index contributed by atoms with van der Waals surface area (Å²) in [5.41, 5.74) is 4.85. The smallest absolute Gasteiger partial charge is 0.325 e. The molecule has 88 valence electrons. The number of aromatic hydroxyl groups is 2. The molecular formula is C10H13NO5. The lowest BCUT2D eigenvalue weighted by Crippen LogP contribution is -2.37. The first kappa shape index (κ1) is 8.37. The van der Waals surface area contributed by atoms with Crippen molar-refractivity contribution in [2.75, 3.05) is 7.11 Å². The van der Waals surface area contributed by atoms with Crippen LogP contribution in [0.15, 0.2) is 18.1 Å². The molecule has 0 unspecified atom stereocenters. The van der Waals surface area contributed by atoms with Gasteiger partial charge in [0.2, 0.25) is 0 Å². The van der Waals surface area contributed by atoms with E-state index in [9.17, 15) is 20.1 Å². The van der Waals surface area contributed by atoms with E-state index in [4.69, 9.17) is 9.85 Å². The van der Waals surface area contributed by atoms with Crippen LogP contribution in [0.25, 0.3) is 0 Å². The van der Waals surface area contributed by atoms with Crippen molar-refractivity contribution in [3.63, 3.8) is 0 Å². The van der Waals surface area contributed by atoms with Gasteiger partial charge in [0.1, 0.15) is 12.1 Å². The Bertz CT molecular complexity index is 493. The van der Waals surface area contributed by atoms with E-state index in [1.165, 1.54) is 0 Å². The lowest BCUT2D eigenvalue weighted by atomic mass is 10.0. The van der Waals surface area contributed by atoms with Crippen LogP contribution in [-0.2, 0) is 9.53 Å². The van der Waals surface area contributed by atoms with E-state index in [0.29, 0.717) is 0 Å². The van der Waals surface area contributed by atoms with E-state index in [-0.39, 0.29) is 0 Å². The second kappa shape index (κ2) is 4.82. The Balaban J connectivity index is 3.39. The largest absolute Gasteiger partial charge is 0.504 e. The van der Waals surface area contributed by atoms with E-state index >= 15 is 0 Å². The molecule has 1 rings (SSSR count). The number of aliphatic hydroxyl groups excluding tert-OH is 1. The molecule has 0 saturated carbocycles. The third-order valence-corrected chi connectivity index (χ3v) is 1.90. The molecule has 16 heavy (non-hydrogen) atoms. The van der Waals surface area contributed by atoms with Crippen molar-refractivity contribution in [3.05, 3.63) is 23.7 Å². The highest BCUT2D eigenvalue weighted by Crippen LogP contribution is 2.28. The fourth-order valence-corrected chi connectivity index (χ4v) is 0.996. The second-order valence-corrected chi connectivity index (χ2v) is 2.98. The Hall–Kier alpha value is -1.79. The van der Waals surface area contributed by atoms with Gasteiger partial charge in [-0.1, -0.05) is 6.04 Å². The summed E-state index contributed by atoms with van der Waals surface area (Å²) >= 11 is 0. The molecule has 0 saturated heterocycles. The zero-order valence-corrected chi connectivity index (χ0v) is 8.39. The third kappa shape index (κ3) is 2.41. The SMILES string of the molecule is [2H]c1c([2H])c([C@H](O)[C@H](N)C(=O)OC)c([2H])c(O)c1O. The van der Waals surface area contributed by atoms with Crippen molar-refractivity contribution in [3.8, 4) is 11.5 Å². The Kier molecular flexibility index (Phi) is 2.52. The Morgan fingerprint density at radius 3 is 2.69 bits per heavy atom. The molecule has 1 aromatic carbocycles. The van der Waals surface area contributed by atoms with Crippen LogP contribution in [0.5, 0.6) is 11.5 Å². The van der Waals surface area contributed by atoms with Gasteiger partial charge in [-0.25, -0.2) is 0 Å². The van der Waals surface area contributed by atoms with Gasteiger partial charge in [-0.15, -0.1) is 0 Å². The molecule has 1 aromatic rings. The predicted molar refractivity (Wildman–Crippen MR) is 54.7 cm³/mol. The van der Waals surface area contributed by atoms with Crippen LogP contribution in [0.4, 0.5) is 0 Å². The van der Waals surface area contributed by atoms with E-state index in [1.807, 2.05) is 0 Å². The Labute approximate surface area is 96.1 Å². The Morgan fingerprint density at radius 2 is 2.12 bits per heavy atom. The highest BCUT2D eigenvalue weighted by molar-refractivity contribution is 5.76. The summed E-state index contributed by atoms with van der Waals surface area (Å²) in [6.45, 7) is 0. The fraction of sp³-hybridized carbons (Fsp3) is 0.300. The lowest BCUT2D eigenvalue weighted by Gasteiger charge is -2.17. The molecule has 0 fully saturated rings. The molecule has 5 N–H and O–H groups in total. The molecule has 0 aliphatic carbocycles. The second-order valence-electron chi connectivity index (χ2n) is 2.98. The van der Waals surface area contributed by atoms with Crippen molar-refractivity contribution in [2.24, 2.45) is 5.73 Å². The van der Waals surface area contributed by atoms with Crippen LogP contribution in [0, 0.1) is 0 Å². The van der Waals surface area contributed by atoms with Crippen molar-refractivity contribution >= 4 is 5.97 Å². The molecule has 0 heterocycles. The maximum atomic E-state index is 11.2. The van der Waals surface area contributed by atoms with Gasteiger partial charge in [-0.3, -0.25) is 4.79 Å². The van der Waals surface area contributed by atoms with Gasteiger partial charge in [-0.2, -0.15) is 0 Å². The lowest BCUT2D eigenvalue weighted by molar-refractivity contribution is -0.145. The number of carbonyl (C=O) groups excluding carboxylic acids is 1. The normalized spacial score (nSPS) is 16.8. The summed E-state index contributed by atoms with van der Waals surface area (Å²) in [5.74, 6) is -2.89. The van der Waals surface area contributed by atoms with Crippen molar-refractivity contribution in [1.82, 2.24) is 0 Å². The van der Waals surface area contributed by atoms with Crippen LogP contribution in [0.1, 0.15) is 15.8 Å². The van der Waals surface area contributed by atoms with Crippen LogP contribution >= 0.6 is 0 Å². The molecule has 0 aliphatic rings. The first-order valence-corrected chi connectivity index (χ1v) is 4.27. The molecule has 2 atom stereocenters. The Morgan fingerprint density at radius 1 is 1.50 bits per heavy atom. The summed E-state index contributed by atoms with van der Waals surface area (Å²) < 4.78 is 26.7. The van der Waals surface area contributed by atoms with Gasteiger partial charge in [-0.05, 0) is 17.6 Å². The van der Waals surface area contributed by atoms with Crippen molar-refractivity contribution in [2.45, 2.75) is 12.1 Å². The molecule has 0 spiro atoms. The summed E-state index contributed by atoms with van der Waals surface area (Å²) in [7, 11) is 1.04. The van der Waals surface area contributed by atoms with Gasteiger partial charge in [0.05, 0.1) is 11.2 Å². The molecule has 6 heteroatoms. The van der Waals surface area contributed by atoms with Gasteiger partial charge in [0.15, 0.2) is 11.5 Å². The first-order valence-electron chi connectivity index (χ1n) is 5.77. The minimum absolute atomic E-state index is 0.529. The maximum absolute atomic E-state index is 11.2. The number of nitrogens with two attached hydrogens (primary N) is 1. The topological polar surface area (TPSA) is 113 Å². The molecule has 0 radical (unpaired) electrons. The zero-order chi connectivity index (χ0) is 14.9. The average molecular weight is 230 g/mol. The molecule has 0 aliphatic heterocycles. The number of phenolic OH excluding ortho intramolecular Hbond substituents is 2. The summed E-state index contributed by atoms with van der Waals surface area (Å²) in [4.78, 5) is 11.2. The number of aliphatic hydroxyl groups is 1. The zero-order valence-electron chi connectivity index (χ0n) is 11.4. The maximum Gasteiger partial charge on any atom is 0.325 e. The molecule has 0 bridgehead atoms. The minimum Gasteiger partial charge on any atom is -0.504 e. The highest BCUT2D eigenvalue weighted by atomic mass is 16.5. The molecule has 6 nitrogen and oxygen atoms in total.